The van der Waals surface area contributed by atoms with E-state index in [2.05, 4.69) is 12.2 Å². The van der Waals surface area contributed by atoms with Crippen LogP contribution in [0.1, 0.15) is 62.2 Å². The van der Waals surface area contributed by atoms with E-state index in [0.29, 0.717) is 24.5 Å². The highest BCUT2D eigenvalue weighted by Gasteiger charge is 2.40. The predicted octanol–water partition coefficient (Wildman–Crippen LogP) is 4.41. The summed E-state index contributed by atoms with van der Waals surface area (Å²) in [5.74, 6) is 1.98. The highest BCUT2D eigenvalue weighted by molar-refractivity contribution is 5.93. The van der Waals surface area contributed by atoms with Crippen molar-refractivity contribution >= 4 is 17.6 Å². The zero-order valence-corrected chi connectivity index (χ0v) is 14.4. The zero-order valence-electron chi connectivity index (χ0n) is 14.4. The molecule has 0 radical (unpaired) electrons. The Morgan fingerprint density at radius 2 is 1.96 bits per heavy atom. The molecule has 3 rings (SSSR count). The van der Waals surface area contributed by atoms with Gasteiger partial charge in [-0.25, -0.2) is 4.79 Å². The maximum absolute atomic E-state index is 12.2. The van der Waals surface area contributed by atoms with Crippen molar-refractivity contribution in [1.29, 1.82) is 0 Å². The van der Waals surface area contributed by atoms with Crippen molar-refractivity contribution in [2.24, 2.45) is 17.8 Å². The standard InChI is InChI=1S/C20H27NO3/c1-2-3-10-24-20(23)15-6-8-18(9-7-15)21-19(22)13-17-12-14-4-5-16(17)11-14/h6-9,14,16-17H,2-5,10-13H2,1H3,(H,21,22). The lowest BCUT2D eigenvalue weighted by atomic mass is 9.86. The maximum atomic E-state index is 12.2. The third kappa shape index (κ3) is 4.16. The summed E-state index contributed by atoms with van der Waals surface area (Å²) < 4.78 is 5.18. The second kappa shape index (κ2) is 7.82. The first-order valence-electron chi connectivity index (χ1n) is 9.22. The summed E-state index contributed by atoms with van der Waals surface area (Å²) >= 11 is 0. The third-order valence-electron chi connectivity index (χ3n) is 5.47. The van der Waals surface area contributed by atoms with Crippen LogP contribution in [0.15, 0.2) is 24.3 Å². The van der Waals surface area contributed by atoms with Crippen LogP contribution in [-0.2, 0) is 9.53 Å². The molecule has 4 heteroatoms. The summed E-state index contributed by atoms with van der Waals surface area (Å²) in [7, 11) is 0. The molecule has 1 N–H and O–H groups in total. The van der Waals surface area contributed by atoms with E-state index in [1.807, 2.05) is 0 Å². The van der Waals surface area contributed by atoms with Crippen molar-refractivity contribution in [1.82, 2.24) is 0 Å². The molecule has 0 saturated heterocycles. The van der Waals surface area contributed by atoms with Crippen LogP contribution in [0.5, 0.6) is 0 Å². The molecule has 2 saturated carbocycles. The number of amides is 1. The van der Waals surface area contributed by atoms with Crippen LogP contribution < -0.4 is 5.32 Å². The Balaban J connectivity index is 1.47. The van der Waals surface area contributed by atoms with E-state index in [9.17, 15) is 9.59 Å². The fourth-order valence-electron chi connectivity index (χ4n) is 4.16. The average molecular weight is 329 g/mol. The predicted molar refractivity (Wildman–Crippen MR) is 93.8 cm³/mol. The van der Waals surface area contributed by atoms with Gasteiger partial charge in [0.1, 0.15) is 0 Å². The van der Waals surface area contributed by atoms with Gasteiger partial charge in [0.15, 0.2) is 0 Å². The van der Waals surface area contributed by atoms with Crippen LogP contribution in [0, 0.1) is 17.8 Å². The van der Waals surface area contributed by atoms with E-state index in [1.54, 1.807) is 24.3 Å². The number of nitrogens with one attached hydrogen (secondary N) is 1. The van der Waals surface area contributed by atoms with Crippen molar-refractivity contribution in [2.75, 3.05) is 11.9 Å². The van der Waals surface area contributed by atoms with Crippen molar-refractivity contribution in [2.45, 2.75) is 51.9 Å². The second-order valence-corrected chi connectivity index (χ2v) is 7.25. The van der Waals surface area contributed by atoms with Crippen LogP contribution in [-0.4, -0.2) is 18.5 Å². The Bertz CT molecular complexity index is 581. The molecule has 2 aliphatic rings. The number of benzene rings is 1. The Hall–Kier alpha value is -1.84. The Morgan fingerprint density at radius 3 is 2.58 bits per heavy atom. The smallest absolute Gasteiger partial charge is 0.338 e. The van der Waals surface area contributed by atoms with Gasteiger partial charge in [-0.2, -0.15) is 0 Å². The molecule has 24 heavy (non-hydrogen) atoms. The number of esters is 1. The number of ether oxygens (including phenoxy) is 1. The first kappa shape index (κ1) is 17.0. The number of unbranched alkanes of at least 4 members (excludes halogenated alkanes) is 1. The van der Waals surface area contributed by atoms with Crippen LogP contribution in [0.4, 0.5) is 5.69 Å². The van der Waals surface area contributed by atoms with Gasteiger partial charge in [0, 0.05) is 12.1 Å². The van der Waals surface area contributed by atoms with Crippen molar-refractivity contribution in [3.63, 3.8) is 0 Å². The summed E-state index contributed by atoms with van der Waals surface area (Å²) in [5, 5.41) is 2.96. The molecule has 0 aromatic heterocycles. The molecule has 2 aliphatic carbocycles. The number of hydrogen-bond acceptors (Lipinski definition) is 3. The minimum Gasteiger partial charge on any atom is -0.462 e. The molecule has 2 bridgehead atoms. The van der Waals surface area contributed by atoms with E-state index in [1.165, 1.54) is 25.7 Å². The fraction of sp³-hybridized carbons (Fsp3) is 0.600. The van der Waals surface area contributed by atoms with Gasteiger partial charge in [-0.3, -0.25) is 4.79 Å². The molecule has 1 amide bonds. The van der Waals surface area contributed by atoms with Crippen molar-refractivity contribution < 1.29 is 14.3 Å². The van der Waals surface area contributed by atoms with Crippen LogP contribution in [0.3, 0.4) is 0 Å². The van der Waals surface area contributed by atoms with Crippen LogP contribution in [0.25, 0.3) is 0 Å². The van der Waals surface area contributed by atoms with Gasteiger partial charge in [-0.15, -0.1) is 0 Å². The summed E-state index contributed by atoms with van der Waals surface area (Å²) in [4.78, 5) is 24.1. The number of rotatable bonds is 7. The Kier molecular flexibility index (Phi) is 5.54. The molecule has 0 aliphatic heterocycles. The normalized spacial score (nSPS) is 24.8. The molecule has 4 nitrogen and oxygen atoms in total. The van der Waals surface area contributed by atoms with Gasteiger partial charge < -0.3 is 10.1 Å². The Labute approximate surface area is 144 Å². The minimum atomic E-state index is -0.302. The molecule has 2 fully saturated rings. The van der Waals surface area contributed by atoms with Crippen LogP contribution >= 0.6 is 0 Å². The lowest BCUT2D eigenvalue weighted by molar-refractivity contribution is -0.117. The molecule has 0 heterocycles. The zero-order chi connectivity index (χ0) is 16.9. The minimum absolute atomic E-state index is 0.0887. The first-order valence-corrected chi connectivity index (χ1v) is 9.22. The summed E-state index contributed by atoms with van der Waals surface area (Å²) in [5.41, 5.74) is 1.27. The molecule has 1 aromatic rings. The summed E-state index contributed by atoms with van der Waals surface area (Å²) in [6.45, 7) is 2.51. The van der Waals surface area contributed by atoms with E-state index in [4.69, 9.17) is 4.74 Å². The van der Waals surface area contributed by atoms with E-state index in [0.717, 1.165) is 30.4 Å². The average Bonchev–Trinajstić information content (AvgIpc) is 3.18. The molecular formula is C20H27NO3. The molecule has 130 valence electrons. The largest absolute Gasteiger partial charge is 0.462 e. The lowest BCUT2D eigenvalue weighted by Gasteiger charge is -2.20. The number of carbonyl (C=O) groups excluding carboxylic acids is 2. The quantitative estimate of drug-likeness (QED) is 0.595. The second-order valence-electron chi connectivity index (χ2n) is 7.25. The van der Waals surface area contributed by atoms with Crippen LogP contribution in [0.2, 0.25) is 0 Å². The van der Waals surface area contributed by atoms with Gasteiger partial charge in [-0.05, 0) is 67.7 Å². The SMILES string of the molecule is CCCCOC(=O)c1ccc(NC(=O)CC2CC3CCC2C3)cc1. The van der Waals surface area contributed by atoms with Gasteiger partial charge in [0.2, 0.25) is 5.91 Å². The van der Waals surface area contributed by atoms with E-state index < -0.39 is 0 Å². The van der Waals surface area contributed by atoms with Gasteiger partial charge >= 0.3 is 5.97 Å². The molecular weight excluding hydrogens is 302 g/mol. The number of hydrogen-bond donors (Lipinski definition) is 1. The monoisotopic (exact) mass is 329 g/mol. The van der Waals surface area contributed by atoms with Crippen molar-refractivity contribution in [3.05, 3.63) is 29.8 Å². The highest BCUT2D eigenvalue weighted by atomic mass is 16.5. The number of anilines is 1. The molecule has 1 aromatic carbocycles. The topological polar surface area (TPSA) is 55.4 Å². The first-order chi connectivity index (χ1) is 11.7. The maximum Gasteiger partial charge on any atom is 0.338 e. The number of fused-ring (bicyclic) bond motifs is 2. The molecule has 3 unspecified atom stereocenters. The fourth-order valence-corrected chi connectivity index (χ4v) is 4.16. The van der Waals surface area contributed by atoms with Gasteiger partial charge in [0.05, 0.1) is 12.2 Å². The Morgan fingerprint density at radius 1 is 1.17 bits per heavy atom. The number of carbonyl (C=O) groups is 2. The summed E-state index contributed by atoms with van der Waals surface area (Å²) in [6, 6.07) is 6.97. The third-order valence-corrected chi connectivity index (χ3v) is 5.47. The molecule has 0 spiro atoms. The van der Waals surface area contributed by atoms with Gasteiger partial charge in [0.25, 0.3) is 0 Å². The molecule has 3 atom stereocenters. The van der Waals surface area contributed by atoms with Crippen molar-refractivity contribution in [3.8, 4) is 0 Å². The summed E-state index contributed by atoms with van der Waals surface area (Å²) in [6.07, 6.45) is 7.72. The lowest BCUT2D eigenvalue weighted by Crippen LogP contribution is -2.20. The van der Waals surface area contributed by atoms with E-state index in [-0.39, 0.29) is 11.9 Å². The highest BCUT2D eigenvalue weighted by Crippen LogP contribution is 2.49. The van der Waals surface area contributed by atoms with Gasteiger partial charge in [-0.1, -0.05) is 19.8 Å². The van der Waals surface area contributed by atoms with E-state index >= 15 is 0 Å².